The molecule has 0 radical (unpaired) electrons. The van der Waals surface area contributed by atoms with E-state index in [0.717, 1.165) is 6.08 Å². The van der Waals surface area contributed by atoms with E-state index in [1.165, 1.54) is 0 Å². The fourth-order valence-electron chi connectivity index (χ4n) is 0.911. The first kappa shape index (κ1) is 14.7. The summed E-state index contributed by atoms with van der Waals surface area (Å²) in [7, 11) is -0.491. The summed E-state index contributed by atoms with van der Waals surface area (Å²) in [6.07, 6.45) is 1.96. The van der Waals surface area contributed by atoms with Gasteiger partial charge in [0.1, 0.15) is 0 Å². The van der Waals surface area contributed by atoms with Crippen LogP contribution in [-0.2, 0) is 23.6 Å². The van der Waals surface area contributed by atoms with E-state index in [9.17, 15) is 14.2 Å². The zero-order valence-corrected chi connectivity index (χ0v) is 9.87. The van der Waals surface area contributed by atoms with Crippen molar-refractivity contribution in [1.29, 1.82) is 0 Å². The van der Waals surface area contributed by atoms with Gasteiger partial charge in [0.15, 0.2) is 0 Å². The molecule has 16 heavy (non-hydrogen) atoms. The third kappa shape index (κ3) is 8.04. The molecule has 88 valence electrons. The summed E-state index contributed by atoms with van der Waals surface area (Å²) in [6, 6.07) is 0. The van der Waals surface area contributed by atoms with E-state index in [1.807, 2.05) is 5.63 Å². The maximum absolute atomic E-state index is 10.8. The molecule has 0 aromatic heterocycles. The van der Waals surface area contributed by atoms with Crippen LogP contribution in [0.5, 0.6) is 0 Å². The monoisotopic (exact) mass is 244 g/mol. The summed E-state index contributed by atoms with van der Waals surface area (Å²) in [5.41, 5.74) is 1.93. The van der Waals surface area contributed by atoms with E-state index in [2.05, 4.69) is 11.3 Å². The standard InChI is InChI=1S/C10H13O5P/c1-3-9(11)15-8(2)5-4-6-14-10(12)7-16-13/h3,8H,1,4-6H2,2H3. The van der Waals surface area contributed by atoms with Crippen LogP contribution in [0.15, 0.2) is 12.7 Å². The fraction of sp³-hybridized carbons (Fsp3) is 0.500. The van der Waals surface area contributed by atoms with Crippen LogP contribution in [0, 0.1) is 5.63 Å². The predicted molar refractivity (Wildman–Crippen MR) is 57.4 cm³/mol. The molecule has 6 heteroatoms. The van der Waals surface area contributed by atoms with Crippen molar-refractivity contribution in [3.63, 3.8) is 0 Å². The average Bonchev–Trinajstić information content (AvgIpc) is 2.24. The Balaban J connectivity index is 3.61. The molecule has 0 saturated carbocycles. The van der Waals surface area contributed by atoms with Gasteiger partial charge in [-0.25, -0.2) is 0 Å². The molecule has 0 spiro atoms. The molecule has 0 bridgehead atoms. The number of ether oxygens (including phenoxy) is 2. The quantitative estimate of drug-likeness (QED) is 0.307. The number of hydrogen-bond donors (Lipinski definition) is 0. The average molecular weight is 244 g/mol. The Labute approximate surface area is 94.9 Å². The van der Waals surface area contributed by atoms with E-state index in [4.69, 9.17) is 4.74 Å². The maximum atomic E-state index is 10.8. The van der Waals surface area contributed by atoms with Crippen molar-refractivity contribution in [2.24, 2.45) is 0 Å². The van der Waals surface area contributed by atoms with Gasteiger partial charge in [0.2, 0.25) is 0 Å². The summed E-state index contributed by atoms with van der Waals surface area (Å²) in [4.78, 5) is 21.4. The van der Waals surface area contributed by atoms with Crippen LogP contribution >= 0.6 is 7.92 Å². The summed E-state index contributed by atoms with van der Waals surface area (Å²) >= 11 is 0. The fourth-order valence-corrected chi connectivity index (χ4v) is 1.05. The summed E-state index contributed by atoms with van der Waals surface area (Å²) < 4.78 is 19.5. The minimum atomic E-state index is -0.743. The minimum absolute atomic E-state index is 0.178. The van der Waals surface area contributed by atoms with Gasteiger partial charge in [0.25, 0.3) is 0 Å². The van der Waals surface area contributed by atoms with Crippen molar-refractivity contribution in [3.8, 4) is 5.63 Å². The Morgan fingerprint density at radius 3 is 2.81 bits per heavy atom. The molecule has 0 amide bonds. The number of carbonyl (C=O) groups is 2. The van der Waals surface area contributed by atoms with Crippen LogP contribution in [0.1, 0.15) is 19.8 Å². The van der Waals surface area contributed by atoms with Gasteiger partial charge in [-0.3, -0.25) is 0 Å². The molecular formula is C10H13O5P. The molecule has 0 aliphatic rings. The van der Waals surface area contributed by atoms with Gasteiger partial charge >= 0.3 is 94.2 Å². The zero-order valence-electron chi connectivity index (χ0n) is 8.97. The Morgan fingerprint density at radius 1 is 1.56 bits per heavy atom. The van der Waals surface area contributed by atoms with Gasteiger partial charge in [-0.15, -0.1) is 0 Å². The van der Waals surface area contributed by atoms with Crippen LogP contribution in [0.2, 0.25) is 0 Å². The summed E-state index contributed by atoms with van der Waals surface area (Å²) in [5, 5.41) is 0. The van der Waals surface area contributed by atoms with E-state index < -0.39 is 19.9 Å². The van der Waals surface area contributed by atoms with Crippen molar-refractivity contribution in [2.45, 2.75) is 25.9 Å². The van der Waals surface area contributed by atoms with Gasteiger partial charge in [0.05, 0.1) is 0 Å². The molecule has 0 rings (SSSR count). The molecule has 0 aromatic carbocycles. The van der Waals surface area contributed by atoms with E-state index >= 15 is 0 Å². The molecule has 0 aliphatic heterocycles. The second-order valence-corrected chi connectivity index (χ2v) is 3.34. The van der Waals surface area contributed by atoms with Gasteiger partial charge < -0.3 is 0 Å². The molecule has 0 saturated heterocycles. The van der Waals surface area contributed by atoms with Gasteiger partial charge in [-0.2, -0.15) is 0 Å². The Kier molecular flexibility index (Phi) is 8.22. The molecule has 1 atom stereocenters. The SMILES string of the molecule is C=CC(=O)OC(C)CCCOC(=O)C#P=O. The van der Waals surface area contributed by atoms with E-state index in [-0.39, 0.29) is 12.7 Å². The first-order valence-electron chi connectivity index (χ1n) is 4.68. The van der Waals surface area contributed by atoms with E-state index in [1.54, 1.807) is 6.92 Å². The second-order valence-electron chi connectivity index (χ2n) is 2.93. The molecule has 0 aliphatic carbocycles. The summed E-state index contributed by atoms with van der Waals surface area (Å²) in [6.45, 7) is 5.18. The van der Waals surface area contributed by atoms with Crippen LogP contribution in [0.25, 0.3) is 0 Å². The Morgan fingerprint density at radius 2 is 2.25 bits per heavy atom. The Hall–Kier alpha value is -1.31. The molecule has 5 nitrogen and oxygen atoms in total. The van der Waals surface area contributed by atoms with Crippen LogP contribution in [0.4, 0.5) is 0 Å². The predicted octanol–water partition coefficient (Wildman–Crippen LogP) is 1.68. The number of esters is 2. The topological polar surface area (TPSA) is 69.7 Å². The molecule has 0 heterocycles. The third-order valence-electron chi connectivity index (χ3n) is 1.61. The number of hydrogen-bond acceptors (Lipinski definition) is 5. The van der Waals surface area contributed by atoms with Gasteiger partial charge in [-0.1, -0.05) is 0 Å². The van der Waals surface area contributed by atoms with Crippen LogP contribution < -0.4 is 0 Å². The Bertz CT molecular complexity index is 356. The first-order valence-corrected chi connectivity index (χ1v) is 5.49. The number of carbonyl (C=O) groups excluding carboxylic acids is 2. The third-order valence-corrected chi connectivity index (χ3v) is 1.88. The van der Waals surface area contributed by atoms with Crippen molar-refractivity contribution in [2.75, 3.05) is 6.61 Å². The second kappa shape index (κ2) is 8.96. The zero-order chi connectivity index (χ0) is 12.4. The van der Waals surface area contributed by atoms with Crippen molar-refractivity contribution >= 4 is 19.9 Å². The van der Waals surface area contributed by atoms with Crippen molar-refractivity contribution in [3.05, 3.63) is 12.7 Å². The first-order chi connectivity index (χ1) is 7.60. The van der Waals surface area contributed by atoms with Gasteiger partial charge in [-0.05, 0) is 0 Å². The number of rotatable bonds is 6. The van der Waals surface area contributed by atoms with Crippen LogP contribution in [-0.4, -0.2) is 24.6 Å². The van der Waals surface area contributed by atoms with Gasteiger partial charge in [0, 0.05) is 0 Å². The molecule has 0 aromatic rings. The molecule has 1 unspecified atom stereocenters. The summed E-state index contributed by atoms with van der Waals surface area (Å²) in [5.74, 6) is -1.22. The van der Waals surface area contributed by atoms with Crippen LogP contribution in [0.3, 0.4) is 0 Å². The molecule has 0 N–H and O–H groups in total. The normalized spacial score (nSPS) is 10.8. The van der Waals surface area contributed by atoms with E-state index in [0.29, 0.717) is 12.8 Å². The molecular weight excluding hydrogens is 231 g/mol. The van der Waals surface area contributed by atoms with Crippen molar-refractivity contribution < 1.29 is 23.6 Å². The van der Waals surface area contributed by atoms with Crippen molar-refractivity contribution in [1.82, 2.24) is 0 Å². The molecule has 0 fully saturated rings.